The van der Waals surface area contributed by atoms with E-state index in [9.17, 15) is 4.79 Å². The number of amides is 1. The molecule has 2 aromatic carbocycles. The van der Waals surface area contributed by atoms with Crippen LogP contribution in [0, 0.1) is 0 Å². The predicted octanol–water partition coefficient (Wildman–Crippen LogP) is 5.15. The molecule has 1 aromatic heterocycles. The summed E-state index contributed by atoms with van der Waals surface area (Å²) in [5, 5.41) is 3.72. The monoisotopic (exact) mass is 449 g/mol. The summed E-state index contributed by atoms with van der Waals surface area (Å²) in [5.74, 6) is 1.12. The lowest BCUT2D eigenvalue weighted by atomic mass is 9.93. The quantitative estimate of drug-likeness (QED) is 0.541. The number of halogens is 1. The molecule has 166 valence electrons. The van der Waals surface area contributed by atoms with E-state index < -0.39 is 0 Å². The predicted molar refractivity (Wildman–Crippen MR) is 129 cm³/mol. The van der Waals surface area contributed by atoms with Crippen molar-refractivity contribution in [2.45, 2.75) is 25.2 Å². The van der Waals surface area contributed by atoms with Gasteiger partial charge in [0.25, 0.3) is 0 Å². The average Bonchev–Trinajstić information content (AvgIpc) is 2.82. The third kappa shape index (κ3) is 6.09. The highest BCUT2D eigenvalue weighted by Crippen LogP contribution is 2.26. The Morgan fingerprint density at radius 2 is 1.84 bits per heavy atom. The van der Waals surface area contributed by atoms with Crippen molar-refractivity contribution < 1.29 is 9.53 Å². The summed E-state index contributed by atoms with van der Waals surface area (Å²) in [6.07, 6.45) is 4.97. The van der Waals surface area contributed by atoms with E-state index in [0.717, 1.165) is 54.5 Å². The van der Waals surface area contributed by atoms with Gasteiger partial charge >= 0.3 is 0 Å². The van der Waals surface area contributed by atoms with E-state index in [-0.39, 0.29) is 5.91 Å². The summed E-state index contributed by atoms with van der Waals surface area (Å²) >= 11 is 5.97. The van der Waals surface area contributed by atoms with Crippen LogP contribution in [0.3, 0.4) is 0 Å². The fourth-order valence-corrected chi connectivity index (χ4v) is 4.26. The normalized spacial score (nSPS) is 16.5. The second-order valence-electron chi connectivity index (χ2n) is 8.25. The van der Waals surface area contributed by atoms with Gasteiger partial charge in [0, 0.05) is 35.1 Å². The number of likely N-dealkylation sites (tertiary alicyclic amines) is 1. The van der Waals surface area contributed by atoms with Crippen LogP contribution in [-0.2, 0) is 11.2 Å². The van der Waals surface area contributed by atoms with Crippen LogP contribution in [0.25, 0.3) is 0 Å². The number of piperidine rings is 1. The number of hydrogen-bond acceptors (Lipinski definition) is 4. The van der Waals surface area contributed by atoms with Crippen molar-refractivity contribution >= 4 is 23.2 Å². The first-order valence-electron chi connectivity index (χ1n) is 10.9. The van der Waals surface area contributed by atoms with Crippen LogP contribution in [-0.4, -0.2) is 42.5 Å². The maximum absolute atomic E-state index is 12.5. The van der Waals surface area contributed by atoms with Crippen molar-refractivity contribution in [1.29, 1.82) is 0 Å². The zero-order valence-electron chi connectivity index (χ0n) is 18.3. The van der Waals surface area contributed by atoms with Crippen molar-refractivity contribution in [3.05, 3.63) is 88.7 Å². The molecule has 1 aliphatic rings. The Labute approximate surface area is 194 Å². The molecule has 1 saturated heterocycles. The third-order valence-electron chi connectivity index (χ3n) is 5.83. The van der Waals surface area contributed by atoms with E-state index >= 15 is 0 Å². The number of nitrogens with zero attached hydrogens (tertiary/aromatic N) is 2. The largest absolute Gasteiger partial charge is 0.497 e. The first kappa shape index (κ1) is 22.3. The molecule has 1 N–H and O–H groups in total. The molecule has 0 spiro atoms. The molecule has 5 nitrogen and oxygen atoms in total. The second kappa shape index (κ2) is 10.6. The van der Waals surface area contributed by atoms with E-state index in [0.29, 0.717) is 12.5 Å². The molecular formula is C26H28ClN3O2. The lowest BCUT2D eigenvalue weighted by Crippen LogP contribution is -2.40. The van der Waals surface area contributed by atoms with Crippen molar-refractivity contribution in [3.8, 4) is 5.75 Å². The van der Waals surface area contributed by atoms with Crippen LogP contribution < -0.4 is 10.1 Å². The zero-order valence-corrected chi connectivity index (χ0v) is 19.0. The Balaban J connectivity index is 1.30. The van der Waals surface area contributed by atoms with E-state index in [1.165, 1.54) is 11.1 Å². The molecule has 4 rings (SSSR count). The van der Waals surface area contributed by atoms with Crippen LogP contribution >= 0.6 is 11.6 Å². The summed E-state index contributed by atoms with van der Waals surface area (Å²) < 4.78 is 5.16. The van der Waals surface area contributed by atoms with Crippen molar-refractivity contribution in [2.75, 3.05) is 32.1 Å². The van der Waals surface area contributed by atoms with E-state index in [1.54, 1.807) is 7.11 Å². The summed E-state index contributed by atoms with van der Waals surface area (Å²) in [4.78, 5) is 19.5. The third-order valence-corrected chi connectivity index (χ3v) is 6.09. The van der Waals surface area contributed by atoms with Gasteiger partial charge in [-0.3, -0.25) is 14.7 Å². The van der Waals surface area contributed by atoms with Gasteiger partial charge in [0.05, 0.1) is 13.7 Å². The summed E-state index contributed by atoms with van der Waals surface area (Å²) in [5.41, 5.74) is 4.28. The number of nitrogens with one attached hydrogen (secondary N) is 1. The molecule has 6 heteroatoms. The maximum atomic E-state index is 12.5. The number of pyridine rings is 1. The van der Waals surface area contributed by atoms with Gasteiger partial charge in [-0.25, -0.2) is 0 Å². The standard InChI is InChI=1S/C26H28ClN3O2/c1-32-24-11-9-23(10-12-24)29-26(31)18-30-14-2-3-21(17-30)25-13-6-20(16-28-25)15-19-4-7-22(27)8-5-19/h4-13,16,21H,2-3,14-15,17-18H2,1H3,(H,29,31)/t21-/m0/s1. The first-order valence-corrected chi connectivity index (χ1v) is 11.3. The molecule has 3 aromatic rings. The first-order chi connectivity index (χ1) is 15.6. The summed E-state index contributed by atoms with van der Waals surface area (Å²) in [6.45, 7) is 2.16. The highest BCUT2D eigenvalue weighted by Gasteiger charge is 2.23. The van der Waals surface area contributed by atoms with Crippen LogP contribution in [0.4, 0.5) is 5.69 Å². The zero-order chi connectivity index (χ0) is 22.3. The van der Waals surface area contributed by atoms with Gasteiger partial charge < -0.3 is 10.1 Å². The minimum atomic E-state index is 0.00193. The van der Waals surface area contributed by atoms with Gasteiger partial charge in [-0.2, -0.15) is 0 Å². The fourth-order valence-electron chi connectivity index (χ4n) is 4.14. The molecule has 1 atom stereocenters. The molecule has 0 unspecified atom stereocenters. The Morgan fingerprint density at radius 1 is 1.09 bits per heavy atom. The van der Waals surface area contributed by atoms with Crippen LogP contribution in [0.15, 0.2) is 66.9 Å². The average molecular weight is 450 g/mol. The van der Waals surface area contributed by atoms with Gasteiger partial charge in [-0.1, -0.05) is 29.8 Å². The molecule has 32 heavy (non-hydrogen) atoms. The lowest BCUT2D eigenvalue weighted by molar-refractivity contribution is -0.117. The molecule has 1 fully saturated rings. The lowest BCUT2D eigenvalue weighted by Gasteiger charge is -2.32. The van der Waals surface area contributed by atoms with Crippen molar-refractivity contribution in [3.63, 3.8) is 0 Å². The maximum Gasteiger partial charge on any atom is 0.238 e. The van der Waals surface area contributed by atoms with Gasteiger partial charge in [0.1, 0.15) is 5.75 Å². The Hall–Kier alpha value is -2.89. The number of carbonyl (C=O) groups excluding carboxylic acids is 1. The van der Waals surface area contributed by atoms with Gasteiger partial charge in [-0.15, -0.1) is 0 Å². The minimum absolute atomic E-state index is 0.00193. The number of hydrogen-bond donors (Lipinski definition) is 1. The van der Waals surface area contributed by atoms with Crippen LogP contribution in [0.5, 0.6) is 5.75 Å². The van der Waals surface area contributed by atoms with E-state index in [2.05, 4.69) is 22.3 Å². The molecule has 0 aliphatic carbocycles. The minimum Gasteiger partial charge on any atom is -0.497 e. The van der Waals surface area contributed by atoms with Crippen molar-refractivity contribution in [1.82, 2.24) is 9.88 Å². The van der Waals surface area contributed by atoms with E-state index in [4.69, 9.17) is 21.3 Å². The second-order valence-corrected chi connectivity index (χ2v) is 8.68. The summed E-state index contributed by atoms with van der Waals surface area (Å²) in [7, 11) is 1.63. The molecular weight excluding hydrogens is 422 g/mol. The molecule has 1 amide bonds. The topological polar surface area (TPSA) is 54.5 Å². The van der Waals surface area contributed by atoms with Crippen molar-refractivity contribution in [2.24, 2.45) is 0 Å². The number of carbonyl (C=O) groups is 1. The van der Waals surface area contributed by atoms with Gasteiger partial charge in [-0.05, 0) is 79.4 Å². The Kier molecular flexibility index (Phi) is 7.40. The highest BCUT2D eigenvalue weighted by atomic mass is 35.5. The SMILES string of the molecule is COc1ccc(NC(=O)CN2CCC[C@H](c3ccc(Cc4ccc(Cl)cc4)cn3)C2)cc1. The molecule has 0 saturated carbocycles. The number of anilines is 1. The van der Waals surface area contributed by atoms with Crippen LogP contribution in [0.2, 0.25) is 5.02 Å². The number of aromatic nitrogens is 1. The van der Waals surface area contributed by atoms with Gasteiger partial charge in [0.2, 0.25) is 5.91 Å². The van der Waals surface area contributed by atoms with Gasteiger partial charge in [0.15, 0.2) is 0 Å². The molecule has 0 radical (unpaired) electrons. The van der Waals surface area contributed by atoms with E-state index in [1.807, 2.05) is 54.7 Å². The molecule has 2 heterocycles. The molecule has 1 aliphatic heterocycles. The number of rotatable bonds is 7. The number of ether oxygens (including phenoxy) is 1. The fraction of sp³-hybridized carbons (Fsp3) is 0.308. The smallest absolute Gasteiger partial charge is 0.238 e. The van der Waals surface area contributed by atoms with Crippen LogP contribution in [0.1, 0.15) is 35.6 Å². The Bertz CT molecular complexity index is 1020. The highest BCUT2D eigenvalue weighted by molar-refractivity contribution is 6.30. The summed E-state index contributed by atoms with van der Waals surface area (Å²) in [6, 6.07) is 19.6. The molecule has 0 bridgehead atoms. The number of benzene rings is 2. The Morgan fingerprint density at radius 3 is 2.53 bits per heavy atom. The number of methoxy groups -OCH3 is 1.